The van der Waals surface area contributed by atoms with Crippen LogP contribution in [0.3, 0.4) is 0 Å². The van der Waals surface area contributed by atoms with Crippen LogP contribution in [0.15, 0.2) is 315 Å². The van der Waals surface area contributed by atoms with Crippen LogP contribution in [0.5, 0.6) is 0 Å². The number of rotatable bonds is 12. The van der Waals surface area contributed by atoms with Crippen LogP contribution in [0, 0.1) is 0 Å². The summed E-state index contributed by atoms with van der Waals surface area (Å²) in [6, 6.07) is 120. The monoisotopic (exact) mass is 1460 g/mol. The molecule has 0 atom stereocenters. The molecule has 114 heavy (non-hydrogen) atoms. The number of hydrogen-bond donors (Lipinski definition) is 0. The van der Waals surface area contributed by atoms with Crippen molar-refractivity contribution in [1.82, 2.24) is 0 Å². The molecule has 0 radical (unpaired) electrons. The van der Waals surface area contributed by atoms with E-state index in [1.165, 1.54) is 167 Å². The molecule has 0 amide bonds. The van der Waals surface area contributed by atoms with Crippen LogP contribution in [0.25, 0.3) is 113 Å². The van der Waals surface area contributed by atoms with Gasteiger partial charge in [-0.2, -0.15) is 0 Å². The van der Waals surface area contributed by atoms with E-state index in [4.69, 9.17) is 0 Å². The Labute approximate surface area is 672 Å². The first-order valence-corrected chi connectivity index (χ1v) is 40.8. The lowest BCUT2D eigenvalue weighted by atomic mass is 9.81. The van der Waals surface area contributed by atoms with Gasteiger partial charge in [0.05, 0.1) is 0 Å². The van der Waals surface area contributed by atoms with Crippen molar-refractivity contribution in [1.29, 1.82) is 0 Å². The predicted octanol–water partition coefficient (Wildman–Crippen LogP) is 30.1. The van der Waals surface area contributed by atoms with E-state index in [1.807, 2.05) is 0 Å². The third-order valence-corrected chi connectivity index (χ3v) is 27.5. The van der Waals surface area contributed by atoms with E-state index in [9.17, 15) is 0 Å². The summed E-state index contributed by atoms with van der Waals surface area (Å²) in [7, 11) is 0. The molecule has 6 aliphatic carbocycles. The maximum Gasteiger partial charge on any atom is 0.0465 e. The molecule has 0 spiro atoms. The molecule has 6 aliphatic rings. The van der Waals surface area contributed by atoms with Gasteiger partial charge < -0.3 is 9.80 Å². The smallest absolute Gasteiger partial charge is 0.0465 e. The van der Waals surface area contributed by atoms with Crippen LogP contribution in [0.4, 0.5) is 34.1 Å². The van der Waals surface area contributed by atoms with Gasteiger partial charge in [0.2, 0.25) is 0 Å². The van der Waals surface area contributed by atoms with Gasteiger partial charge >= 0.3 is 0 Å². The first-order chi connectivity index (χ1) is 55.0. The zero-order valence-electron chi connectivity index (χ0n) is 67.2. The standard InChI is InChI=1S/C112H92N2/c1-107(2)95-25-17-13-21-83(95)89-55-43-75(63-101(89)107)73-39-45-77(46-40-73)113(79-49-57-91-85-23-15-19-27-97(85)109(5,6)103(91)65-79)81-51-59-93-87-53-37-71(61-99(87)111(9,10)105(93)67-81)35-33-69-29-31-70(32-30-69)34-36-72-38-54-88-94-60-52-82(68-106(94)112(11,12)100(88)62-72)114(80-50-58-92-86-24-16-20-28-98(86)110(7,8)104(92)66-80)78-47-41-74(42-48-78)76-44-56-90-84-22-14-18-26-96(84)108(3,4)102(90)64-76/h13-68H,1-12H3/b35-33+,36-34+. The molecular weight excluding hydrogens is 1370 g/mol. The normalized spacial score (nSPS) is 15.9. The third-order valence-electron chi connectivity index (χ3n) is 27.5. The fourth-order valence-electron chi connectivity index (χ4n) is 21.0. The van der Waals surface area contributed by atoms with Crippen LogP contribution < -0.4 is 9.80 Å². The summed E-state index contributed by atoms with van der Waals surface area (Å²) < 4.78 is 0. The van der Waals surface area contributed by atoms with Crippen LogP contribution in [-0.4, -0.2) is 0 Å². The molecule has 21 rings (SSSR count). The zero-order valence-corrected chi connectivity index (χ0v) is 67.2. The van der Waals surface area contributed by atoms with Crippen LogP contribution >= 0.6 is 0 Å². The van der Waals surface area contributed by atoms with E-state index in [1.54, 1.807) is 0 Å². The Bertz CT molecular complexity index is 6230. The summed E-state index contributed by atoms with van der Waals surface area (Å²) in [5.74, 6) is 0. The molecule has 0 aromatic heterocycles. The molecule has 0 unspecified atom stereocenters. The van der Waals surface area contributed by atoms with Gasteiger partial charge in [0.25, 0.3) is 0 Å². The molecule has 15 aromatic rings. The molecule has 15 aromatic carbocycles. The van der Waals surface area contributed by atoms with Crippen molar-refractivity contribution in [2.45, 2.75) is 116 Å². The molecule has 0 bridgehead atoms. The van der Waals surface area contributed by atoms with E-state index < -0.39 is 0 Å². The summed E-state index contributed by atoms with van der Waals surface area (Å²) >= 11 is 0. The minimum Gasteiger partial charge on any atom is -0.310 e. The molecule has 2 nitrogen and oxygen atoms in total. The Balaban J connectivity index is 0.534. The van der Waals surface area contributed by atoms with E-state index in [-0.39, 0.29) is 32.5 Å². The summed E-state index contributed by atoms with van der Waals surface area (Å²) in [4.78, 5) is 4.97. The van der Waals surface area contributed by atoms with Crippen LogP contribution in [0.1, 0.15) is 172 Å². The van der Waals surface area contributed by atoms with Crippen molar-refractivity contribution in [3.8, 4) is 89.0 Å². The van der Waals surface area contributed by atoms with Gasteiger partial charge in [-0.15, -0.1) is 0 Å². The van der Waals surface area contributed by atoms with Gasteiger partial charge in [0.15, 0.2) is 0 Å². The van der Waals surface area contributed by atoms with E-state index in [2.05, 4.69) is 433 Å². The molecular formula is C112H92N2. The molecule has 0 N–H and O–H groups in total. The van der Waals surface area contributed by atoms with Gasteiger partial charge in [-0.3, -0.25) is 0 Å². The average molecular weight is 1470 g/mol. The van der Waals surface area contributed by atoms with E-state index in [0.717, 1.165) is 45.3 Å². The van der Waals surface area contributed by atoms with Crippen molar-refractivity contribution in [2.75, 3.05) is 9.80 Å². The topological polar surface area (TPSA) is 6.48 Å². The van der Waals surface area contributed by atoms with Crippen molar-refractivity contribution < 1.29 is 0 Å². The second-order valence-corrected chi connectivity index (χ2v) is 36.1. The fraction of sp³-hybridized carbons (Fsp3) is 0.161. The maximum absolute atomic E-state index is 2.49. The Hall–Kier alpha value is -12.6. The van der Waals surface area contributed by atoms with Crippen molar-refractivity contribution in [3.63, 3.8) is 0 Å². The molecule has 0 heterocycles. The van der Waals surface area contributed by atoms with Crippen molar-refractivity contribution in [2.24, 2.45) is 0 Å². The SMILES string of the molecule is CC1(C)c2ccccc2-c2ccc(-c3ccc(N(c4ccc5c(c4)C(C)(C)c4ccccc4-5)c4ccc5c(c4)C(C)(C)c4cc(/C=C/c6ccc(/C=C/c7ccc8c(c7)C(C)(C)c7cc(N(c9ccc(-c%10ccc%11c(c%10)C(C)(C)c%10ccccc%10-%11)cc9)c9ccc%10c(c9)C(C)(C)c9ccccc9-%10)ccc7-8)cc6)ccc4-5)cc3)cc21. The number of benzene rings is 15. The summed E-state index contributed by atoms with van der Waals surface area (Å²) in [5, 5.41) is 0. The highest BCUT2D eigenvalue weighted by molar-refractivity contribution is 5.94. The maximum atomic E-state index is 2.49. The van der Waals surface area contributed by atoms with Gasteiger partial charge in [0, 0.05) is 66.6 Å². The van der Waals surface area contributed by atoms with Crippen molar-refractivity contribution in [3.05, 3.63) is 404 Å². The number of fused-ring (bicyclic) bond motifs is 18. The first kappa shape index (κ1) is 69.3. The lowest BCUT2D eigenvalue weighted by Crippen LogP contribution is -2.18. The Kier molecular flexibility index (Phi) is 15.2. The highest BCUT2D eigenvalue weighted by Crippen LogP contribution is 2.58. The van der Waals surface area contributed by atoms with Gasteiger partial charge in [0.1, 0.15) is 0 Å². The largest absolute Gasteiger partial charge is 0.310 e. The molecule has 0 aliphatic heterocycles. The van der Waals surface area contributed by atoms with Crippen LogP contribution in [0.2, 0.25) is 0 Å². The van der Waals surface area contributed by atoms with Gasteiger partial charge in [-0.1, -0.05) is 338 Å². The molecule has 550 valence electrons. The molecule has 0 saturated heterocycles. The minimum atomic E-state index is -0.248. The average Bonchev–Trinajstić information content (AvgIpc) is 1.65. The Morgan fingerprint density at radius 2 is 0.351 bits per heavy atom. The summed E-state index contributed by atoms with van der Waals surface area (Å²) in [6.07, 6.45) is 9.08. The number of hydrogen-bond acceptors (Lipinski definition) is 2. The molecule has 0 fully saturated rings. The summed E-state index contributed by atoms with van der Waals surface area (Å²) in [6.45, 7) is 28.6. The predicted molar refractivity (Wildman–Crippen MR) is 483 cm³/mol. The third kappa shape index (κ3) is 10.5. The zero-order chi connectivity index (χ0) is 77.7. The summed E-state index contributed by atoms with van der Waals surface area (Å²) in [5.41, 5.74) is 47.9. The van der Waals surface area contributed by atoms with Gasteiger partial charge in [-0.05, 0) is 263 Å². The highest BCUT2D eigenvalue weighted by Gasteiger charge is 2.43. The second kappa shape index (κ2) is 24.9. The van der Waals surface area contributed by atoms with E-state index >= 15 is 0 Å². The highest BCUT2D eigenvalue weighted by atomic mass is 15.1. The second-order valence-electron chi connectivity index (χ2n) is 36.1. The lowest BCUT2D eigenvalue weighted by Gasteiger charge is -2.30. The van der Waals surface area contributed by atoms with Crippen LogP contribution in [-0.2, 0) is 32.5 Å². The van der Waals surface area contributed by atoms with Crippen molar-refractivity contribution >= 4 is 58.4 Å². The minimum absolute atomic E-state index is 0.0693. The van der Waals surface area contributed by atoms with E-state index in [0.29, 0.717) is 0 Å². The fourth-order valence-corrected chi connectivity index (χ4v) is 21.0. The first-order valence-electron chi connectivity index (χ1n) is 40.8. The van der Waals surface area contributed by atoms with Gasteiger partial charge in [-0.25, -0.2) is 0 Å². The Morgan fingerprint density at radius 1 is 0.158 bits per heavy atom. The number of nitrogens with zero attached hydrogens (tertiary/aromatic N) is 2. The quantitative estimate of drug-likeness (QED) is 0.113. The lowest BCUT2D eigenvalue weighted by molar-refractivity contribution is 0.659. The number of anilines is 6. The Morgan fingerprint density at radius 3 is 0.640 bits per heavy atom. The molecule has 2 heteroatoms. The molecule has 0 saturated carbocycles.